The van der Waals surface area contributed by atoms with Crippen LogP contribution in [0.1, 0.15) is 24.3 Å². The summed E-state index contributed by atoms with van der Waals surface area (Å²) >= 11 is 0. The fraction of sp³-hybridized carbons (Fsp3) is 0.214. The van der Waals surface area contributed by atoms with Crippen LogP contribution >= 0.6 is 0 Å². The maximum Gasteiger partial charge on any atom is 0.311 e. The molecule has 0 unspecified atom stereocenters. The van der Waals surface area contributed by atoms with Crippen molar-refractivity contribution in [1.82, 2.24) is 4.98 Å². The number of rotatable bonds is 4. The van der Waals surface area contributed by atoms with Gasteiger partial charge in [-0.3, -0.25) is 15.1 Å². The van der Waals surface area contributed by atoms with Crippen molar-refractivity contribution in [2.45, 2.75) is 20.0 Å². The number of ether oxygens (including phenoxy) is 1. The molecule has 1 heterocycles. The van der Waals surface area contributed by atoms with Gasteiger partial charge in [0.15, 0.2) is 0 Å². The Hall–Kier alpha value is -2.47. The smallest absolute Gasteiger partial charge is 0.311 e. The van der Waals surface area contributed by atoms with Gasteiger partial charge in [-0.15, -0.1) is 0 Å². The maximum atomic E-state index is 10.9. The standard InChI is InChI=1S/C14H14N2O4/c1-9-3-6-13(16(18)19)14(7-9)20-11-4-5-12(10(2)17)15-8-11/h3-8,10,17H,1-2H3/t10-/m1/s1. The Morgan fingerprint density at radius 1 is 1.35 bits per heavy atom. The highest BCUT2D eigenvalue weighted by atomic mass is 16.6. The molecule has 20 heavy (non-hydrogen) atoms. The second-order valence-corrected chi connectivity index (χ2v) is 4.43. The van der Waals surface area contributed by atoms with Gasteiger partial charge in [-0.1, -0.05) is 6.07 Å². The highest BCUT2D eigenvalue weighted by molar-refractivity contribution is 5.50. The molecule has 2 rings (SSSR count). The van der Waals surface area contributed by atoms with Crippen molar-refractivity contribution in [2.24, 2.45) is 0 Å². The van der Waals surface area contributed by atoms with Gasteiger partial charge < -0.3 is 9.84 Å². The summed E-state index contributed by atoms with van der Waals surface area (Å²) in [6.45, 7) is 3.43. The van der Waals surface area contributed by atoms with Crippen LogP contribution in [0.5, 0.6) is 11.5 Å². The van der Waals surface area contributed by atoms with Gasteiger partial charge in [0.1, 0.15) is 5.75 Å². The normalized spacial score (nSPS) is 11.9. The van der Waals surface area contributed by atoms with Gasteiger partial charge in [0.25, 0.3) is 0 Å². The fourth-order valence-electron chi connectivity index (χ4n) is 1.68. The number of aryl methyl sites for hydroxylation is 1. The Bertz CT molecular complexity index is 624. The number of hydrogen-bond donors (Lipinski definition) is 1. The SMILES string of the molecule is Cc1ccc([N+](=O)[O-])c(Oc2ccc([C@@H](C)O)nc2)c1. The molecule has 0 aliphatic rings. The van der Waals surface area contributed by atoms with Crippen LogP contribution in [-0.4, -0.2) is 15.0 Å². The number of aliphatic hydroxyl groups is 1. The highest BCUT2D eigenvalue weighted by Crippen LogP contribution is 2.32. The van der Waals surface area contributed by atoms with E-state index < -0.39 is 11.0 Å². The predicted octanol–water partition coefficient (Wildman–Crippen LogP) is 3.14. The summed E-state index contributed by atoms with van der Waals surface area (Å²) in [6, 6.07) is 7.88. The van der Waals surface area contributed by atoms with Crippen LogP contribution in [0.4, 0.5) is 5.69 Å². The average Bonchev–Trinajstić information content (AvgIpc) is 2.39. The Balaban J connectivity index is 2.29. The Labute approximate surface area is 115 Å². The molecule has 0 bridgehead atoms. The first-order chi connectivity index (χ1) is 9.47. The van der Waals surface area contributed by atoms with Crippen LogP contribution in [0.2, 0.25) is 0 Å². The first-order valence-electron chi connectivity index (χ1n) is 6.04. The third-order valence-corrected chi connectivity index (χ3v) is 2.73. The minimum atomic E-state index is -0.669. The van der Waals surface area contributed by atoms with Gasteiger partial charge in [0.2, 0.25) is 5.75 Å². The molecule has 0 saturated carbocycles. The fourth-order valence-corrected chi connectivity index (χ4v) is 1.68. The third kappa shape index (κ3) is 3.10. The first-order valence-corrected chi connectivity index (χ1v) is 6.04. The van der Waals surface area contributed by atoms with Crippen molar-refractivity contribution in [1.29, 1.82) is 0 Å². The average molecular weight is 274 g/mol. The summed E-state index contributed by atoms with van der Waals surface area (Å²) in [6.07, 6.45) is 0.756. The summed E-state index contributed by atoms with van der Waals surface area (Å²) in [7, 11) is 0. The van der Waals surface area contributed by atoms with E-state index in [9.17, 15) is 15.2 Å². The van der Waals surface area contributed by atoms with Gasteiger partial charge in [0, 0.05) is 6.07 Å². The van der Waals surface area contributed by atoms with Gasteiger partial charge in [-0.05, 0) is 37.6 Å². The lowest BCUT2D eigenvalue weighted by Gasteiger charge is -2.08. The van der Waals surface area contributed by atoms with Crippen LogP contribution < -0.4 is 4.74 Å². The number of pyridine rings is 1. The van der Waals surface area contributed by atoms with Crippen LogP contribution in [0.15, 0.2) is 36.5 Å². The van der Waals surface area contributed by atoms with E-state index in [2.05, 4.69) is 4.98 Å². The molecular weight excluding hydrogens is 260 g/mol. The van der Waals surface area contributed by atoms with Crippen molar-refractivity contribution in [3.8, 4) is 11.5 Å². The van der Waals surface area contributed by atoms with E-state index in [0.29, 0.717) is 11.4 Å². The molecule has 0 aliphatic carbocycles. The van der Waals surface area contributed by atoms with Gasteiger partial charge in [-0.25, -0.2) is 0 Å². The van der Waals surface area contributed by atoms with E-state index in [0.717, 1.165) is 5.56 Å². The number of nitro groups is 1. The molecule has 0 radical (unpaired) electrons. The zero-order valence-corrected chi connectivity index (χ0v) is 11.1. The molecule has 0 spiro atoms. The second-order valence-electron chi connectivity index (χ2n) is 4.43. The van der Waals surface area contributed by atoms with Crippen LogP contribution in [0, 0.1) is 17.0 Å². The molecule has 1 N–H and O–H groups in total. The van der Waals surface area contributed by atoms with E-state index in [1.165, 1.54) is 12.3 Å². The minimum absolute atomic E-state index is 0.102. The molecule has 0 saturated heterocycles. The molecule has 6 nitrogen and oxygen atoms in total. The quantitative estimate of drug-likeness (QED) is 0.683. The molecule has 0 fully saturated rings. The van der Waals surface area contributed by atoms with Crippen molar-refractivity contribution in [3.05, 3.63) is 57.9 Å². The van der Waals surface area contributed by atoms with Crippen LogP contribution in [0.25, 0.3) is 0 Å². The summed E-state index contributed by atoms with van der Waals surface area (Å²) in [5, 5.41) is 20.3. The molecule has 6 heteroatoms. The lowest BCUT2D eigenvalue weighted by Crippen LogP contribution is -1.97. The summed E-state index contributed by atoms with van der Waals surface area (Å²) < 4.78 is 5.50. The van der Waals surface area contributed by atoms with E-state index in [1.54, 1.807) is 31.2 Å². The van der Waals surface area contributed by atoms with E-state index in [-0.39, 0.29) is 11.4 Å². The van der Waals surface area contributed by atoms with Gasteiger partial charge in [0.05, 0.1) is 22.9 Å². The second kappa shape index (κ2) is 5.66. The third-order valence-electron chi connectivity index (χ3n) is 2.73. The molecule has 104 valence electrons. The highest BCUT2D eigenvalue weighted by Gasteiger charge is 2.16. The number of nitrogens with zero attached hydrogens (tertiary/aromatic N) is 2. The van der Waals surface area contributed by atoms with Crippen LogP contribution in [-0.2, 0) is 0 Å². The largest absolute Gasteiger partial charge is 0.448 e. The van der Waals surface area contributed by atoms with Gasteiger partial charge in [-0.2, -0.15) is 0 Å². The molecule has 1 atom stereocenters. The molecule has 0 aliphatic heterocycles. The monoisotopic (exact) mass is 274 g/mol. The summed E-state index contributed by atoms with van der Waals surface area (Å²) in [4.78, 5) is 14.5. The Morgan fingerprint density at radius 3 is 2.65 bits per heavy atom. The lowest BCUT2D eigenvalue weighted by molar-refractivity contribution is -0.385. The molecule has 1 aromatic carbocycles. The molecule has 2 aromatic rings. The lowest BCUT2D eigenvalue weighted by atomic mass is 10.2. The Kier molecular flexibility index (Phi) is 3.95. The van der Waals surface area contributed by atoms with E-state index in [4.69, 9.17) is 4.74 Å². The van der Waals surface area contributed by atoms with Crippen molar-refractivity contribution in [2.75, 3.05) is 0 Å². The zero-order valence-electron chi connectivity index (χ0n) is 11.1. The van der Waals surface area contributed by atoms with Crippen molar-refractivity contribution >= 4 is 5.69 Å². The molecule has 0 amide bonds. The summed E-state index contributed by atoms with van der Waals surface area (Å²) in [5.41, 5.74) is 1.27. The maximum absolute atomic E-state index is 10.9. The first kappa shape index (κ1) is 14.0. The minimum Gasteiger partial charge on any atom is -0.448 e. The van der Waals surface area contributed by atoms with Crippen molar-refractivity contribution < 1.29 is 14.8 Å². The predicted molar refractivity (Wildman–Crippen MR) is 72.8 cm³/mol. The zero-order chi connectivity index (χ0) is 14.7. The number of benzene rings is 1. The van der Waals surface area contributed by atoms with Crippen LogP contribution in [0.3, 0.4) is 0 Å². The molecular formula is C14H14N2O4. The number of aromatic nitrogens is 1. The number of hydrogen-bond acceptors (Lipinski definition) is 5. The van der Waals surface area contributed by atoms with E-state index >= 15 is 0 Å². The Morgan fingerprint density at radius 2 is 2.10 bits per heavy atom. The van der Waals surface area contributed by atoms with E-state index in [1.807, 2.05) is 6.92 Å². The summed E-state index contributed by atoms with van der Waals surface area (Å²) in [5.74, 6) is 0.546. The van der Waals surface area contributed by atoms with Gasteiger partial charge >= 0.3 is 5.69 Å². The number of nitro benzene ring substituents is 1. The molecule has 1 aromatic heterocycles. The van der Waals surface area contributed by atoms with Crippen molar-refractivity contribution in [3.63, 3.8) is 0 Å². The topological polar surface area (TPSA) is 85.5 Å². The number of aliphatic hydroxyl groups excluding tert-OH is 1.